The highest BCUT2D eigenvalue weighted by molar-refractivity contribution is 4.98. The van der Waals surface area contributed by atoms with Gasteiger partial charge in [0, 0.05) is 12.1 Å². The molecule has 1 spiro atoms. The van der Waals surface area contributed by atoms with Crippen molar-refractivity contribution in [1.29, 1.82) is 0 Å². The highest BCUT2D eigenvalue weighted by Gasteiger charge is 2.40. The van der Waals surface area contributed by atoms with Crippen LogP contribution < -0.4 is 5.32 Å². The molecule has 82 valence electrons. The molecule has 1 saturated carbocycles. The van der Waals surface area contributed by atoms with Crippen LogP contribution in [0.3, 0.4) is 0 Å². The van der Waals surface area contributed by atoms with Crippen molar-refractivity contribution < 1.29 is 4.74 Å². The van der Waals surface area contributed by atoms with Gasteiger partial charge in [-0.2, -0.15) is 0 Å². The molecule has 1 aliphatic heterocycles. The molecular weight excluding hydrogens is 174 g/mol. The van der Waals surface area contributed by atoms with E-state index < -0.39 is 0 Å². The van der Waals surface area contributed by atoms with Crippen LogP contribution in [0.25, 0.3) is 0 Å². The lowest BCUT2D eigenvalue weighted by Crippen LogP contribution is -2.61. The smallest absolute Gasteiger partial charge is 0.0751 e. The van der Waals surface area contributed by atoms with Gasteiger partial charge in [-0.3, -0.25) is 0 Å². The molecule has 0 amide bonds. The minimum atomic E-state index is 0.0337. The first-order chi connectivity index (χ1) is 6.52. The number of morpholine rings is 1. The summed E-state index contributed by atoms with van der Waals surface area (Å²) < 4.78 is 5.94. The van der Waals surface area contributed by atoms with Gasteiger partial charge in [0.2, 0.25) is 0 Å². The molecule has 14 heavy (non-hydrogen) atoms. The zero-order valence-electron chi connectivity index (χ0n) is 9.73. The number of rotatable bonds is 0. The van der Waals surface area contributed by atoms with Crippen LogP contribution in [0, 0.1) is 5.92 Å². The standard InChI is InChI=1S/C12H23NO/c1-10-5-4-6-12(7-10)9-14-11(2,3)8-13-12/h10,13H,4-9H2,1-3H3. The maximum atomic E-state index is 5.94. The predicted octanol–water partition coefficient (Wildman–Crippen LogP) is 2.33. The first-order valence-electron chi connectivity index (χ1n) is 5.90. The zero-order chi connectivity index (χ0) is 10.2. The Bertz CT molecular complexity index is 202. The van der Waals surface area contributed by atoms with Crippen LogP contribution >= 0.6 is 0 Å². The summed E-state index contributed by atoms with van der Waals surface area (Å²) in [7, 11) is 0. The van der Waals surface area contributed by atoms with Crippen molar-refractivity contribution in [2.24, 2.45) is 5.92 Å². The molecule has 0 aromatic heterocycles. The maximum absolute atomic E-state index is 5.94. The minimum Gasteiger partial charge on any atom is -0.372 e. The Hall–Kier alpha value is -0.0800. The molecule has 2 heteroatoms. The van der Waals surface area contributed by atoms with Gasteiger partial charge in [-0.1, -0.05) is 19.8 Å². The summed E-state index contributed by atoms with van der Waals surface area (Å²) in [6, 6.07) is 0. The van der Waals surface area contributed by atoms with Crippen molar-refractivity contribution in [3.05, 3.63) is 0 Å². The van der Waals surface area contributed by atoms with Gasteiger partial charge in [-0.25, -0.2) is 0 Å². The van der Waals surface area contributed by atoms with Crippen molar-refractivity contribution in [2.75, 3.05) is 13.2 Å². The lowest BCUT2D eigenvalue weighted by atomic mass is 9.75. The fourth-order valence-electron chi connectivity index (χ4n) is 2.79. The molecular formula is C12H23NO. The summed E-state index contributed by atoms with van der Waals surface area (Å²) in [6.07, 6.45) is 5.35. The van der Waals surface area contributed by atoms with Crippen molar-refractivity contribution in [1.82, 2.24) is 5.32 Å². The Balaban J connectivity index is 1.98. The SMILES string of the molecule is CC1CCCC2(COC(C)(C)CN2)C1. The molecule has 1 heterocycles. The third-order valence-electron chi connectivity index (χ3n) is 3.72. The highest BCUT2D eigenvalue weighted by Crippen LogP contribution is 2.35. The molecule has 0 aromatic carbocycles. The molecule has 2 fully saturated rings. The quantitative estimate of drug-likeness (QED) is 0.643. The van der Waals surface area contributed by atoms with Crippen LogP contribution in [0.5, 0.6) is 0 Å². The van der Waals surface area contributed by atoms with E-state index in [0.29, 0.717) is 5.54 Å². The summed E-state index contributed by atoms with van der Waals surface area (Å²) in [4.78, 5) is 0. The Morgan fingerprint density at radius 3 is 2.71 bits per heavy atom. The summed E-state index contributed by atoms with van der Waals surface area (Å²) in [5.74, 6) is 0.862. The van der Waals surface area contributed by atoms with Gasteiger partial charge in [-0.15, -0.1) is 0 Å². The van der Waals surface area contributed by atoms with Crippen molar-refractivity contribution in [2.45, 2.75) is 57.6 Å². The van der Waals surface area contributed by atoms with Crippen LogP contribution in [0.1, 0.15) is 46.5 Å². The molecule has 2 atom stereocenters. The third-order valence-corrected chi connectivity index (χ3v) is 3.72. The van der Waals surface area contributed by atoms with Crippen molar-refractivity contribution in [3.8, 4) is 0 Å². The number of nitrogens with one attached hydrogen (secondary N) is 1. The fourth-order valence-corrected chi connectivity index (χ4v) is 2.79. The second-order valence-electron chi connectivity index (χ2n) is 5.88. The summed E-state index contributed by atoms with van der Waals surface area (Å²) >= 11 is 0. The normalized spacial score (nSPS) is 42.6. The largest absolute Gasteiger partial charge is 0.372 e. The van der Waals surface area contributed by atoms with E-state index in [1.807, 2.05) is 0 Å². The van der Waals surface area contributed by atoms with Gasteiger partial charge in [-0.05, 0) is 32.6 Å². The number of ether oxygens (including phenoxy) is 1. The average Bonchev–Trinajstić information content (AvgIpc) is 2.12. The second kappa shape index (κ2) is 3.49. The second-order valence-corrected chi connectivity index (χ2v) is 5.88. The Labute approximate surface area is 87.4 Å². The number of hydrogen-bond donors (Lipinski definition) is 1. The molecule has 0 bridgehead atoms. The Morgan fingerprint density at radius 1 is 1.36 bits per heavy atom. The number of hydrogen-bond acceptors (Lipinski definition) is 2. The molecule has 2 rings (SSSR count). The van der Waals surface area contributed by atoms with E-state index in [4.69, 9.17) is 4.74 Å². The van der Waals surface area contributed by atoms with Crippen LogP contribution in [0.2, 0.25) is 0 Å². The van der Waals surface area contributed by atoms with Crippen molar-refractivity contribution >= 4 is 0 Å². The van der Waals surface area contributed by atoms with Crippen LogP contribution in [-0.2, 0) is 4.74 Å². The summed E-state index contributed by atoms with van der Waals surface area (Å²) in [5.41, 5.74) is 0.346. The average molecular weight is 197 g/mol. The van der Waals surface area contributed by atoms with E-state index in [1.54, 1.807) is 0 Å². The minimum absolute atomic E-state index is 0.0337. The lowest BCUT2D eigenvalue weighted by Gasteiger charge is -2.48. The topological polar surface area (TPSA) is 21.3 Å². The molecule has 1 aliphatic carbocycles. The van der Waals surface area contributed by atoms with Gasteiger partial charge in [0.1, 0.15) is 0 Å². The summed E-state index contributed by atoms with van der Waals surface area (Å²) in [6.45, 7) is 8.60. The molecule has 2 unspecified atom stereocenters. The van der Waals surface area contributed by atoms with Gasteiger partial charge in [0.15, 0.2) is 0 Å². The van der Waals surface area contributed by atoms with Crippen LogP contribution in [0.15, 0.2) is 0 Å². The predicted molar refractivity (Wildman–Crippen MR) is 58.4 cm³/mol. The first kappa shape index (κ1) is 10.4. The molecule has 1 N–H and O–H groups in total. The van der Waals surface area contributed by atoms with Crippen LogP contribution in [-0.4, -0.2) is 24.3 Å². The molecule has 1 saturated heterocycles. The Kier molecular flexibility index (Phi) is 2.61. The third kappa shape index (κ3) is 2.12. The highest BCUT2D eigenvalue weighted by atomic mass is 16.5. The summed E-state index contributed by atoms with van der Waals surface area (Å²) in [5, 5.41) is 3.73. The first-order valence-corrected chi connectivity index (χ1v) is 5.90. The molecule has 2 aliphatic rings. The fraction of sp³-hybridized carbons (Fsp3) is 1.00. The van der Waals surface area contributed by atoms with Gasteiger partial charge < -0.3 is 10.1 Å². The van der Waals surface area contributed by atoms with E-state index in [0.717, 1.165) is 19.1 Å². The van der Waals surface area contributed by atoms with E-state index in [-0.39, 0.29) is 5.60 Å². The monoisotopic (exact) mass is 197 g/mol. The zero-order valence-corrected chi connectivity index (χ0v) is 9.73. The van der Waals surface area contributed by atoms with E-state index >= 15 is 0 Å². The van der Waals surface area contributed by atoms with Gasteiger partial charge >= 0.3 is 0 Å². The van der Waals surface area contributed by atoms with Crippen molar-refractivity contribution in [3.63, 3.8) is 0 Å². The maximum Gasteiger partial charge on any atom is 0.0751 e. The van der Waals surface area contributed by atoms with Gasteiger partial charge in [0.25, 0.3) is 0 Å². The van der Waals surface area contributed by atoms with E-state index in [2.05, 4.69) is 26.1 Å². The molecule has 0 radical (unpaired) electrons. The lowest BCUT2D eigenvalue weighted by molar-refractivity contribution is -0.0996. The van der Waals surface area contributed by atoms with E-state index in [9.17, 15) is 0 Å². The molecule has 0 aromatic rings. The van der Waals surface area contributed by atoms with Crippen LogP contribution in [0.4, 0.5) is 0 Å². The molecule has 2 nitrogen and oxygen atoms in total. The van der Waals surface area contributed by atoms with Gasteiger partial charge in [0.05, 0.1) is 12.2 Å². The van der Waals surface area contributed by atoms with E-state index in [1.165, 1.54) is 25.7 Å². The Morgan fingerprint density at radius 2 is 2.14 bits per heavy atom.